The van der Waals surface area contributed by atoms with E-state index in [2.05, 4.69) is 47.7 Å². The quantitative estimate of drug-likeness (QED) is 0.246. The number of carbonyl (C=O) groups is 2. The lowest BCUT2D eigenvalue weighted by Gasteiger charge is -2.38. The van der Waals surface area contributed by atoms with Crippen molar-refractivity contribution < 1.29 is 19.1 Å². The van der Waals surface area contributed by atoms with Gasteiger partial charge in [0.2, 0.25) is 0 Å². The van der Waals surface area contributed by atoms with Crippen molar-refractivity contribution in [2.24, 2.45) is 0 Å². The molecule has 3 aromatic rings. The Morgan fingerprint density at radius 3 is 2.23 bits per heavy atom. The predicted molar refractivity (Wildman–Crippen MR) is 164 cm³/mol. The summed E-state index contributed by atoms with van der Waals surface area (Å²) in [6, 6.07) is 20.4. The first-order valence-electron chi connectivity index (χ1n) is 13.4. The Morgan fingerprint density at radius 1 is 0.875 bits per heavy atom. The number of amides is 3. The molecule has 0 radical (unpaired) electrons. The monoisotopic (exact) mass is 609 g/mol. The average molecular weight is 611 g/mol. The van der Waals surface area contributed by atoms with Gasteiger partial charge in [0.1, 0.15) is 5.75 Å². The maximum Gasteiger partial charge on any atom is 0.323 e. The molecule has 40 heavy (non-hydrogen) atoms. The van der Waals surface area contributed by atoms with Gasteiger partial charge in [0.05, 0.1) is 18.4 Å². The average Bonchev–Trinajstić information content (AvgIpc) is 2.98. The van der Waals surface area contributed by atoms with Gasteiger partial charge in [-0.25, -0.2) is 4.79 Å². The summed E-state index contributed by atoms with van der Waals surface area (Å²) in [6.07, 6.45) is 0.722. The zero-order chi connectivity index (χ0) is 28.3. The molecule has 0 atom stereocenters. The van der Waals surface area contributed by atoms with Crippen LogP contribution in [0.2, 0.25) is 0 Å². The molecule has 0 bridgehead atoms. The number of nitrogens with zero attached hydrogens (tertiary/aromatic N) is 2. The number of para-hydroxylation sites is 2. The van der Waals surface area contributed by atoms with Crippen molar-refractivity contribution >= 4 is 50.6 Å². The topological polar surface area (TPSA) is 95.2 Å². The summed E-state index contributed by atoms with van der Waals surface area (Å²) >= 11 is 3.39. The zero-order valence-electron chi connectivity index (χ0n) is 22.9. The first-order valence-corrected chi connectivity index (χ1v) is 14.2. The minimum Gasteiger partial charge on any atom is -0.495 e. The second-order valence-electron chi connectivity index (χ2n) is 9.27. The Hall–Kier alpha value is -3.76. The third kappa shape index (κ3) is 7.89. The van der Waals surface area contributed by atoms with Crippen LogP contribution in [0.5, 0.6) is 5.75 Å². The molecule has 212 valence electrons. The van der Waals surface area contributed by atoms with Crippen LogP contribution >= 0.6 is 15.9 Å². The fourth-order valence-electron chi connectivity index (χ4n) is 4.59. The molecule has 1 saturated heterocycles. The number of benzene rings is 3. The van der Waals surface area contributed by atoms with E-state index in [1.807, 2.05) is 49.4 Å². The molecule has 4 rings (SSSR count). The second-order valence-corrected chi connectivity index (χ2v) is 10.2. The van der Waals surface area contributed by atoms with E-state index in [4.69, 9.17) is 9.47 Å². The van der Waals surface area contributed by atoms with Crippen molar-refractivity contribution in [3.8, 4) is 5.75 Å². The van der Waals surface area contributed by atoms with Crippen molar-refractivity contribution in [3.63, 3.8) is 0 Å². The van der Waals surface area contributed by atoms with Crippen LogP contribution in [-0.4, -0.2) is 65.0 Å². The largest absolute Gasteiger partial charge is 0.495 e. The molecule has 1 aliphatic rings. The maximum absolute atomic E-state index is 13.3. The summed E-state index contributed by atoms with van der Waals surface area (Å²) in [5.74, 6) is 0.663. The molecule has 3 amide bonds. The molecule has 3 N–H and O–H groups in total. The number of ether oxygens (including phenoxy) is 2. The fraction of sp³-hybridized carbons (Fsp3) is 0.333. The highest BCUT2D eigenvalue weighted by Gasteiger charge is 2.24. The molecule has 1 heterocycles. The highest BCUT2D eigenvalue weighted by Crippen LogP contribution is 2.31. The molecule has 9 nitrogen and oxygen atoms in total. The predicted octanol–water partition coefficient (Wildman–Crippen LogP) is 5.58. The second kappa shape index (κ2) is 14.6. The van der Waals surface area contributed by atoms with E-state index in [1.54, 1.807) is 25.3 Å². The fourth-order valence-corrected chi connectivity index (χ4v) is 4.86. The molecule has 0 aromatic heterocycles. The summed E-state index contributed by atoms with van der Waals surface area (Å²) in [6.45, 7) is 6.72. The van der Waals surface area contributed by atoms with Crippen LogP contribution in [0.4, 0.5) is 27.5 Å². The highest BCUT2D eigenvalue weighted by atomic mass is 79.9. The lowest BCUT2D eigenvalue weighted by molar-refractivity contribution is 0.0944. The number of halogens is 1. The van der Waals surface area contributed by atoms with Gasteiger partial charge < -0.3 is 35.2 Å². The lowest BCUT2D eigenvalue weighted by atomic mass is 10.1. The van der Waals surface area contributed by atoms with Gasteiger partial charge in [-0.15, -0.1) is 0 Å². The number of piperazine rings is 1. The Balaban J connectivity index is 1.48. The lowest BCUT2D eigenvalue weighted by Crippen LogP contribution is -2.47. The van der Waals surface area contributed by atoms with Gasteiger partial charge in [-0.05, 0) is 67.9 Å². The number of nitrogens with one attached hydrogen (secondary N) is 3. The highest BCUT2D eigenvalue weighted by molar-refractivity contribution is 9.10. The molecule has 0 saturated carbocycles. The smallest absolute Gasteiger partial charge is 0.323 e. The number of rotatable bonds is 11. The Bertz CT molecular complexity index is 1280. The summed E-state index contributed by atoms with van der Waals surface area (Å²) < 4.78 is 11.9. The third-order valence-corrected chi connectivity index (χ3v) is 7.13. The van der Waals surface area contributed by atoms with Gasteiger partial charge >= 0.3 is 6.03 Å². The van der Waals surface area contributed by atoms with Crippen LogP contribution in [-0.2, 0) is 4.74 Å². The number of anilines is 4. The number of carbonyl (C=O) groups excluding carboxylic acids is 2. The minimum absolute atomic E-state index is 0.185. The van der Waals surface area contributed by atoms with Crippen LogP contribution < -0.4 is 30.5 Å². The Morgan fingerprint density at radius 2 is 1.52 bits per heavy atom. The van der Waals surface area contributed by atoms with Gasteiger partial charge in [0.15, 0.2) is 0 Å². The summed E-state index contributed by atoms with van der Waals surface area (Å²) in [5, 5.41) is 8.68. The molecule has 0 aliphatic carbocycles. The van der Waals surface area contributed by atoms with Gasteiger partial charge in [0, 0.05) is 67.5 Å². The molecule has 3 aromatic carbocycles. The molecular formula is C30H36BrN5O4. The number of hydrogen-bond acceptors (Lipinski definition) is 6. The third-order valence-electron chi connectivity index (χ3n) is 6.60. The van der Waals surface area contributed by atoms with E-state index in [9.17, 15) is 9.59 Å². The summed E-state index contributed by atoms with van der Waals surface area (Å²) in [7, 11) is 1.68. The van der Waals surface area contributed by atoms with E-state index in [-0.39, 0.29) is 11.9 Å². The van der Waals surface area contributed by atoms with Gasteiger partial charge in [-0.2, -0.15) is 0 Å². The first-order chi connectivity index (χ1) is 19.5. The zero-order valence-corrected chi connectivity index (χ0v) is 24.5. The van der Waals surface area contributed by atoms with Gasteiger partial charge in [-0.1, -0.05) is 28.1 Å². The van der Waals surface area contributed by atoms with Crippen LogP contribution in [0.15, 0.2) is 71.2 Å². The van der Waals surface area contributed by atoms with E-state index < -0.39 is 0 Å². The van der Waals surface area contributed by atoms with E-state index >= 15 is 0 Å². The molecule has 1 aliphatic heterocycles. The van der Waals surface area contributed by atoms with E-state index in [0.717, 1.165) is 54.2 Å². The van der Waals surface area contributed by atoms with E-state index in [1.165, 1.54) is 0 Å². The van der Waals surface area contributed by atoms with Crippen molar-refractivity contribution in [3.05, 3.63) is 76.8 Å². The van der Waals surface area contributed by atoms with Crippen molar-refractivity contribution in [2.75, 3.05) is 73.5 Å². The van der Waals surface area contributed by atoms with Crippen LogP contribution in [0.1, 0.15) is 23.7 Å². The normalized spacial score (nSPS) is 13.1. The van der Waals surface area contributed by atoms with Gasteiger partial charge in [-0.3, -0.25) is 4.79 Å². The number of methoxy groups -OCH3 is 1. The molecule has 10 heteroatoms. The van der Waals surface area contributed by atoms with Crippen LogP contribution in [0, 0.1) is 0 Å². The van der Waals surface area contributed by atoms with Crippen LogP contribution in [0.25, 0.3) is 0 Å². The number of hydrogen-bond donors (Lipinski definition) is 3. The minimum atomic E-state index is -0.386. The number of urea groups is 1. The summed E-state index contributed by atoms with van der Waals surface area (Å²) in [5.41, 5.74) is 3.61. The maximum atomic E-state index is 13.3. The van der Waals surface area contributed by atoms with Crippen molar-refractivity contribution in [1.29, 1.82) is 0 Å². The van der Waals surface area contributed by atoms with Crippen molar-refractivity contribution in [1.82, 2.24) is 5.32 Å². The van der Waals surface area contributed by atoms with E-state index in [0.29, 0.717) is 36.7 Å². The first kappa shape index (κ1) is 29.2. The summed E-state index contributed by atoms with van der Waals surface area (Å²) in [4.78, 5) is 30.5. The molecule has 0 spiro atoms. The molecular weight excluding hydrogens is 574 g/mol. The molecule has 0 unspecified atom stereocenters. The standard InChI is InChI=1S/C30H36BrN5O4/c1-3-40-20-6-15-32-29(37)25-21-24(34-30(38)33-23-11-9-22(31)10-12-23)13-14-26(25)35-16-18-36(19-17-35)27-7-4-5-8-28(27)39-2/h4-5,7-14,21H,3,6,15-20H2,1-2H3,(H,32,37)(H2,33,34,38). The van der Waals surface area contributed by atoms with Crippen LogP contribution in [0.3, 0.4) is 0 Å². The Labute approximate surface area is 244 Å². The SMILES string of the molecule is CCOCCCNC(=O)c1cc(NC(=O)Nc2ccc(Br)cc2)ccc1N1CCN(c2ccccc2OC)CC1. The van der Waals surface area contributed by atoms with Gasteiger partial charge in [0.25, 0.3) is 5.91 Å². The van der Waals surface area contributed by atoms with Crippen molar-refractivity contribution in [2.45, 2.75) is 13.3 Å². The molecule has 1 fully saturated rings. The Kier molecular flexibility index (Phi) is 10.7.